The Morgan fingerprint density at radius 2 is 1.63 bits per heavy atom. The van der Waals surface area contributed by atoms with Gasteiger partial charge in [0.25, 0.3) is 10.0 Å². The predicted molar refractivity (Wildman–Crippen MR) is 146 cm³/mol. The van der Waals surface area contributed by atoms with Crippen molar-refractivity contribution in [2.45, 2.75) is 24.4 Å². The van der Waals surface area contributed by atoms with Crippen molar-refractivity contribution in [1.29, 1.82) is 0 Å². The highest BCUT2D eigenvalue weighted by Crippen LogP contribution is 2.36. The number of rotatable bonds is 11. The van der Waals surface area contributed by atoms with Crippen molar-refractivity contribution >= 4 is 39.1 Å². The maximum Gasteiger partial charge on any atom is 0.264 e. The van der Waals surface area contributed by atoms with Gasteiger partial charge in [0, 0.05) is 24.7 Å². The monoisotopic (exact) mass is 559 g/mol. The van der Waals surface area contributed by atoms with Gasteiger partial charge in [0.15, 0.2) is 0 Å². The van der Waals surface area contributed by atoms with E-state index in [1.54, 1.807) is 61.5 Å². The standard InChI is InChI=1S/C27H30ClN3O6S/c1-19(27(33)29-2)30(17-20-10-8-9-13-23(20)28)26(32)18-31(38(34,35)22-11-6-5-7-12-22)24-16-21(36-3)14-15-25(24)37-4/h5-16,19H,17-18H2,1-4H3,(H,29,33)/t19-/m1/s1. The van der Waals surface area contributed by atoms with E-state index >= 15 is 0 Å². The van der Waals surface area contributed by atoms with Crippen molar-refractivity contribution in [3.63, 3.8) is 0 Å². The highest BCUT2D eigenvalue weighted by atomic mass is 35.5. The number of ether oxygens (including phenoxy) is 2. The maximum absolute atomic E-state index is 13.9. The number of methoxy groups -OCH3 is 2. The summed E-state index contributed by atoms with van der Waals surface area (Å²) in [6, 6.07) is 18.4. The van der Waals surface area contributed by atoms with Crippen molar-refractivity contribution in [2.24, 2.45) is 0 Å². The summed E-state index contributed by atoms with van der Waals surface area (Å²) in [5.41, 5.74) is 0.712. The molecule has 0 aliphatic carbocycles. The lowest BCUT2D eigenvalue weighted by Gasteiger charge is -2.32. The number of nitrogens with zero attached hydrogens (tertiary/aromatic N) is 2. The summed E-state index contributed by atoms with van der Waals surface area (Å²) < 4.78 is 39.5. The first-order valence-corrected chi connectivity index (χ1v) is 13.5. The van der Waals surface area contributed by atoms with Gasteiger partial charge in [-0.05, 0) is 42.8 Å². The van der Waals surface area contributed by atoms with Crippen molar-refractivity contribution < 1.29 is 27.5 Å². The van der Waals surface area contributed by atoms with E-state index < -0.39 is 34.4 Å². The second kappa shape index (κ2) is 12.7. The molecule has 0 saturated carbocycles. The molecule has 202 valence electrons. The first-order valence-electron chi connectivity index (χ1n) is 11.7. The van der Waals surface area contributed by atoms with Gasteiger partial charge in [-0.2, -0.15) is 0 Å². The SMILES string of the molecule is CNC(=O)[C@@H](C)N(Cc1ccccc1Cl)C(=O)CN(c1cc(OC)ccc1OC)S(=O)(=O)c1ccccc1. The third-order valence-electron chi connectivity index (χ3n) is 5.98. The van der Waals surface area contributed by atoms with Crippen molar-refractivity contribution in [2.75, 3.05) is 32.1 Å². The van der Waals surface area contributed by atoms with Crippen LogP contribution in [0.15, 0.2) is 77.7 Å². The molecule has 3 aromatic carbocycles. The zero-order valence-electron chi connectivity index (χ0n) is 21.5. The predicted octanol–water partition coefficient (Wildman–Crippen LogP) is 3.72. The van der Waals surface area contributed by atoms with Crippen molar-refractivity contribution in [3.05, 3.63) is 83.4 Å². The van der Waals surface area contributed by atoms with Gasteiger partial charge in [0.2, 0.25) is 11.8 Å². The van der Waals surface area contributed by atoms with Gasteiger partial charge in [-0.25, -0.2) is 8.42 Å². The third-order valence-corrected chi connectivity index (χ3v) is 8.12. The van der Waals surface area contributed by atoms with E-state index in [-0.39, 0.29) is 22.9 Å². The Morgan fingerprint density at radius 3 is 2.24 bits per heavy atom. The maximum atomic E-state index is 13.9. The minimum atomic E-state index is -4.25. The Morgan fingerprint density at radius 1 is 0.974 bits per heavy atom. The summed E-state index contributed by atoms with van der Waals surface area (Å²) >= 11 is 6.34. The number of carbonyl (C=O) groups is 2. The third kappa shape index (κ3) is 6.38. The molecular weight excluding hydrogens is 530 g/mol. The highest BCUT2D eigenvalue weighted by molar-refractivity contribution is 7.92. The number of likely N-dealkylation sites (N-methyl/N-ethyl adjacent to an activating group) is 1. The van der Waals surface area contributed by atoms with Gasteiger partial charge in [-0.15, -0.1) is 0 Å². The quantitative estimate of drug-likeness (QED) is 0.384. The first-order chi connectivity index (χ1) is 18.1. The molecule has 0 aliphatic heterocycles. The van der Waals surface area contributed by atoms with E-state index in [9.17, 15) is 18.0 Å². The zero-order valence-corrected chi connectivity index (χ0v) is 23.1. The number of amides is 2. The number of hydrogen-bond acceptors (Lipinski definition) is 6. The summed E-state index contributed by atoms with van der Waals surface area (Å²) in [5.74, 6) is -0.449. The van der Waals surface area contributed by atoms with Gasteiger partial charge >= 0.3 is 0 Å². The molecule has 0 radical (unpaired) electrons. The van der Waals surface area contributed by atoms with Crippen LogP contribution in [0, 0.1) is 0 Å². The fraction of sp³-hybridized carbons (Fsp3) is 0.259. The number of nitrogens with one attached hydrogen (secondary N) is 1. The van der Waals surface area contributed by atoms with E-state index in [1.807, 2.05) is 0 Å². The molecule has 0 fully saturated rings. The molecular formula is C27H30ClN3O6S. The minimum absolute atomic E-state index is 0.0123. The van der Waals surface area contributed by atoms with Crippen LogP contribution < -0.4 is 19.1 Å². The fourth-order valence-corrected chi connectivity index (χ4v) is 5.46. The fourth-order valence-electron chi connectivity index (χ4n) is 3.83. The van der Waals surface area contributed by atoms with Crippen LogP contribution >= 0.6 is 11.6 Å². The molecule has 0 bridgehead atoms. The van der Waals surface area contributed by atoms with Crippen molar-refractivity contribution in [3.8, 4) is 11.5 Å². The van der Waals surface area contributed by atoms with Crippen LogP contribution in [0.25, 0.3) is 0 Å². The molecule has 0 spiro atoms. The molecule has 3 aromatic rings. The number of carbonyl (C=O) groups excluding carboxylic acids is 2. The molecule has 3 rings (SSSR count). The van der Waals surface area contributed by atoms with Crippen molar-refractivity contribution in [1.82, 2.24) is 10.2 Å². The van der Waals surface area contributed by atoms with Crippen LogP contribution in [0.5, 0.6) is 11.5 Å². The number of halogens is 1. The second-order valence-electron chi connectivity index (χ2n) is 8.27. The molecule has 1 N–H and O–H groups in total. The molecule has 38 heavy (non-hydrogen) atoms. The van der Waals surface area contributed by atoms with Gasteiger partial charge in [-0.1, -0.05) is 48.0 Å². The van der Waals surface area contributed by atoms with Crippen LogP contribution in [-0.2, 0) is 26.2 Å². The highest BCUT2D eigenvalue weighted by Gasteiger charge is 2.34. The molecule has 1 atom stereocenters. The number of anilines is 1. The summed E-state index contributed by atoms with van der Waals surface area (Å²) in [7, 11) is 0.0616. The van der Waals surface area contributed by atoms with Crippen LogP contribution in [-0.4, -0.2) is 59.0 Å². The molecule has 0 heterocycles. The average Bonchev–Trinajstić information content (AvgIpc) is 2.94. The number of sulfonamides is 1. The lowest BCUT2D eigenvalue weighted by Crippen LogP contribution is -2.50. The van der Waals surface area contributed by atoms with E-state index in [1.165, 1.54) is 44.4 Å². The molecule has 9 nitrogen and oxygen atoms in total. The van der Waals surface area contributed by atoms with E-state index in [0.29, 0.717) is 16.3 Å². The van der Waals surface area contributed by atoms with Gasteiger partial charge in [-0.3, -0.25) is 13.9 Å². The first kappa shape index (κ1) is 28.8. The van der Waals surface area contributed by atoms with E-state index in [0.717, 1.165) is 4.31 Å². The Bertz CT molecular complexity index is 1380. The van der Waals surface area contributed by atoms with Gasteiger partial charge in [0.05, 0.1) is 24.8 Å². The van der Waals surface area contributed by atoms with E-state index in [2.05, 4.69) is 5.32 Å². The summed E-state index contributed by atoms with van der Waals surface area (Å²) in [6.45, 7) is 0.934. The number of benzene rings is 3. The largest absolute Gasteiger partial charge is 0.497 e. The van der Waals surface area contributed by atoms with Crippen LogP contribution in [0.2, 0.25) is 5.02 Å². The summed E-state index contributed by atoms with van der Waals surface area (Å²) in [5, 5.41) is 2.96. The summed E-state index contributed by atoms with van der Waals surface area (Å²) in [4.78, 5) is 27.7. The molecule has 11 heteroatoms. The van der Waals surface area contributed by atoms with Gasteiger partial charge in [0.1, 0.15) is 24.1 Å². The number of hydrogen-bond donors (Lipinski definition) is 1. The molecule has 0 aromatic heterocycles. The van der Waals surface area contributed by atoms with Crippen LogP contribution in [0.3, 0.4) is 0 Å². The molecule has 0 aliphatic rings. The Balaban J connectivity index is 2.13. The lowest BCUT2D eigenvalue weighted by molar-refractivity contribution is -0.139. The average molecular weight is 560 g/mol. The van der Waals surface area contributed by atoms with Gasteiger partial charge < -0.3 is 19.7 Å². The smallest absolute Gasteiger partial charge is 0.264 e. The summed E-state index contributed by atoms with van der Waals surface area (Å²) in [6.07, 6.45) is 0. The van der Waals surface area contributed by atoms with Crippen LogP contribution in [0.1, 0.15) is 12.5 Å². The van der Waals surface area contributed by atoms with Crippen LogP contribution in [0.4, 0.5) is 5.69 Å². The Kier molecular flexibility index (Phi) is 9.60. The molecule has 0 unspecified atom stereocenters. The van der Waals surface area contributed by atoms with E-state index in [4.69, 9.17) is 21.1 Å². The minimum Gasteiger partial charge on any atom is -0.497 e. The zero-order chi connectivity index (χ0) is 27.9. The molecule has 0 saturated heterocycles. The lowest BCUT2D eigenvalue weighted by atomic mass is 10.1. The molecule has 2 amide bonds. The Labute approximate surface area is 228 Å². The topological polar surface area (TPSA) is 105 Å². The Hall–Kier alpha value is -3.76. The normalized spacial score (nSPS) is 11.8. The second-order valence-corrected chi connectivity index (χ2v) is 10.5.